The summed E-state index contributed by atoms with van der Waals surface area (Å²) in [5.74, 6) is 0.384. The maximum atomic E-state index is 13.0. The molecule has 0 saturated heterocycles. The van der Waals surface area contributed by atoms with Gasteiger partial charge < -0.3 is 10.3 Å². The average Bonchev–Trinajstić information content (AvgIpc) is 3.10. The number of carbonyl (C=O) groups is 1. The molecule has 3 aromatic rings. The number of nitrogens with one attached hydrogen (secondary N) is 2. The van der Waals surface area contributed by atoms with Crippen LogP contribution in [0.1, 0.15) is 19.4 Å². The van der Waals surface area contributed by atoms with Crippen molar-refractivity contribution in [2.45, 2.75) is 20.4 Å². The lowest BCUT2D eigenvalue weighted by Gasteiger charge is -2.04. The third kappa shape index (κ3) is 4.45. The van der Waals surface area contributed by atoms with E-state index >= 15 is 0 Å². The summed E-state index contributed by atoms with van der Waals surface area (Å²) in [4.78, 5) is 19.3. The Balaban J connectivity index is 1.68. The van der Waals surface area contributed by atoms with Crippen LogP contribution in [-0.4, -0.2) is 15.9 Å². The van der Waals surface area contributed by atoms with E-state index in [-0.39, 0.29) is 11.7 Å². The maximum absolute atomic E-state index is 13.0. The molecule has 0 unspecified atom stereocenters. The standard InChI is InChI=1S/C21H20FN3O/c1-14(2)11-20(26)23-12-15-3-5-17(6-4-15)21-24-13-19(25-21)16-7-9-18(22)10-8-16/h3-11,13H,12H2,1-2H3,(H,23,26)(H,24,25). The zero-order valence-corrected chi connectivity index (χ0v) is 14.7. The molecular weight excluding hydrogens is 329 g/mol. The highest BCUT2D eigenvalue weighted by Gasteiger charge is 2.06. The molecule has 132 valence electrons. The van der Waals surface area contributed by atoms with Crippen molar-refractivity contribution in [1.82, 2.24) is 15.3 Å². The predicted molar refractivity (Wildman–Crippen MR) is 101 cm³/mol. The van der Waals surface area contributed by atoms with Gasteiger partial charge in [0.05, 0.1) is 11.9 Å². The molecule has 2 N–H and O–H groups in total. The number of allylic oxidation sites excluding steroid dienone is 1. The van der Waals surface area contributed by atoms with E-state index in [0.29, 0.717) is 6.54 Å². The lowest BCUT2D eigenvalue weighted by Crippen LogP contribution is -2.20. The number of carbonyl (C=O) groups excluding carboxylic acids is 1. The van der Waals surface area contributed by atoms with Gasteiger partial charge in [-0.05, 0) is 49.2 Å². The molecule has 1 aromatic heterocycles. The van der Waals surface area contributed by atoms with Gasteiger partial charge in [-0.15, -0.1) is 0 Å². The molecule has 0 aliphatic carbocycles. The highest BCUT2D eigenvalue weighted by Crippen LogP contribution is 2.22. The second-order valence-electron chi connectivity index (χ2n) is 6.29. The van der Waals surface area contributed by atoms with Gasteiger partial charge >= 0.3 is 0 Å². The molecule has 2 aromatic carbocycles. The quantitative estimate of drug-likeness (QED) is 0.668. The third-order valence-corrected chi connectivity index (χ3v) is 3.84. The van der Waals surface area contributed by atoms with Crippen molar-refractivity contribution < 1.29 is 9.18 Å². The van der Waals surface area contributed by atoms with E-state index in [4.69, 9.17) is 0 Å². The summed E-state index contributed by atoms with van der Waals surface area (Å²) >= 11 is 0. The molecule has 0 aliphatic heterocycles. The molecule has 0 spiro atoms. The van der Waals surface area contributed by atoms with E-state index in [1.807, 2.05) is 38.1 Å². The molecule has 1 heterocycles. The summed E-state index contributed by atoms with van der Waals surface area (Å²) in [7, 11) is 0. The largest absolute Gasteiger partial charge is 0.348 e. The number of rotatable bonds is 5. The van der Waals surface area contributed by atoms with Crippen molar-refractivity contribution in [3.05, 3.63) is 77.8 Å². The highest BCUT2D eigenvalue weighted by atomic mass is 19.1. The summed E-state index contributed by atoms with van der Waals surface area (Å²) in [6, 6.07) is 14.1. The van der Waals surface area contributed by atoms with Gasteiger partial charge in [-0.25, -0.2) is 9.37 Å². The summed E-state index contributed by atoms with van der Waals surface area (Å²) in [6.45, 7) is 4.25. The van der Waals surface area contributed by atoms with Crippen molar-refractivity contribution in [3.8, 4) is 22.6 Å². The second-order valence-corrected chi connectivity index (χ2v) is 6.29. The van der Waals surface area contributed by atoms with E-state index in [9.17, 15) is 9.18 Å². The van der Waals surface area contributed by atoms with Crippen LogP contribution in [0.25, 0.3) is 22.6 Å². The van der Waals surface area contributed by atoms with Gasteiger partial charge in [-0.1, -0.05) is 29.8 Å². The molecule has 4 nitrogen and oxygen atoms in total. The molecule has 26 heavy (non-hydrogen) atoms. The van der Waals surface area contributed by atoms with Crippen molar-refractivity contribution in [2.75, 3.05) is 0 Å². The van der Waals surface area contributed by atoms with Crippen LogP contribution in [0.3, 0.4) is 0 Å². The Morgan fingerprint density at radius 2 is 1.73 bits per heavy atom. The second kappa shape index (κ2) is 7.78. The minimum atomic E-state index is -0.263. The van der Waals surface area contributed by atoms with Gasteiger partial charge in [0.1, 0.15) is 11.6 Å². The molecule has 0 aliphatic rings. The minimum Gasteiger partial charge on any atom is -0.348 e. The topological polar surface area (TPSA) is 57.8 Å². The number of aromatic nitrogens is 2. The van der Waals surface area contributed by atoms with Crippen LogP contribution in [0, 0.1) is 5.82 Å². The normalized spacial score (nSPS) is 10.4. The van der Waals surface area contributed by atoms with Crippen LogP contribution in [0.4, 0.5) is 4.39 Å². The zero-order valence-electron chi connectivity index (χ0n) is 14.7. The van der Waals surface area contributed by atoms with Crippen LogP contribution in [-0.2, 0) is 11.3 Å². The molecule has 0 radical (unpaired) electrons. The highest BCUT2D eigenvalue weighted by molar-refractivity contribution is 5.87. The van der Waals surface area contributed by atoms with Crippen LogP contribution in [0.5, 0.6) is 0 Å². The lowest BCUT2D eigenvalue weighted by atomic mass is 10.1. The lowest BCUT2D eigenvalue weighted by molar-refractivity contribution is -0.116. The first-order valence-electron chi connectivity index (χ1n) is 8.34. The average molecular weight is 349 g/mol. The molecule has 1 amide bonds. The van der Waals surface area contributed by atoms with Gasteiger partial charge in [-0.2, -0.15) is 0 Å². The SMILES string of the molecule is CC(C)=CC(=O)NCc1ccc(-c2ncc(-c3ccc(F)cc3)[nH]2)cc1. The van der Waals surface area contributed by atoms with Crippen LogP contribution >= 0.6 is 0 Å². The number of amides is 1. The first-order valence-corrected chi connectivity index (χ1v) is 8.34. The van der Waals surface area contributed by atoms with Crippen molar-refractivity contribution in [2.24, 2.45) is 0 Å². The Morgan fingerprint density at radius 3 is 2.38 bits per heavy atom. The number of H-pyrrole nitrogens is 1. The molecule has 3 rings (SSSR count). The number of benzene rings is 2. The summed E-state index contributed by atoms with van der Waals surface area (Å²) < 4.78 is 13.0. The van der Waals surface area contributed by atoms with Gasteiger partial charge in [0, 0.05) is 18.2 Å². The Kier molecular flexibility index (Phi) is 5.27. The summed E-state index contributed by atoms with van der Waals surface area (Å²) in [5, 5.41) is 2.85. The van der Waals surface area contributed by atoms with E-state index in [2.05, 4.69) is 15.3 Å². The Labute approximate surface area is 151 Å². The molecule has 0 bridgehead atoms. The zero-order chi connectivity index (χ0) is 18.5. The Bertz CT molecular complexity index is 921. The number of halogens is 1. The van der Waals surface area contributed by atoms with Crippen LogP contribution in [0.2, 0.25) is 0 Å². The van der Waals surface area contributed by atoms with Crippen molar-refractivity contribution in [3.63, 3.8) is 0 Å². The van der Waals surface area contributed by atoms with Gasteiger partial charge in [0.15, 0.2) is 0 Å². The van der Waals surface area contributed by atoms with Gasteiger partial charge in [0.2, 0.25) is 5.91 Å². The Morgan fingerprint density at radius 1 is 1.08 bits per heavy atom. The summed E-state index contributed by atoms with van der Waals surface area (Å²) in [6.07, 6.45) is 3.31. The fraction of sp³-hybridized carbons (Fsp3) is 0.143. The monoisotopic (exact) mass is 349 g/mol. The van der Waals surface area contributed by atoms with Crippen molar-refractivity contribution in [1.29, 1.82) is 0 Å². The number of aromatic amines is 1. The van der Waals surface area contributed by atoms with Crippen LogP contribution < -0.4 is 5.32 Å². The number of imidazole rings is 1. The van der Waals surface area contributed by atoms with E-state index in [1.54, 1.807) is 24.4 Å². The molecule has 0 saturated carbocycles. The van der Waals surface area contributed by atoms with E-state index in [0.717, 1.165) is 33.8 Å². The first-order chi connectivity index (χ1) is 12.5. The number of nitrogens with zero attached hydrogens (tertiary/aromatic N) is 1. The van der Waals surface area contributed by atoms with Gasteiger partial charge in [-0.3, -0.25) is 4.79 Å². The number of hydrogen-bond donors (Lipinski definition) is 2. The molecule has 0 atom stereocenters. The fourth-order valence-electron chi connectivity index (χ4n) is 2.53. The summed E-state index contributed by atoms with van der Waals surface area (Å²) in [5.41, 5.74) is 4.63. The molecule has 0 fully saturated rings. The van der Waals surface area contributed by atoms with Gasteiger partial charge in [0.25, 0.3) is 0 Å². The first kappa shape index (κ1) is 17.6. The smallest absolute Gasteiger partial charge is 0.244 e. The van der Waals surface area contributed by atoms with Crippen LogP contribution in [0.15, 0.2) is 66.4 Å². The maximum Gasteiger partial charge on any atom is 0.244 e. The van der Waals surface area contributed by atoms with E-state index < -0.39 is 0 Å². The molecule has 5 heteroatoms. The Hall–Kier alpha value is -3.21. The minimum absolute atomic E-state index is 0.0935. The third-order valence-electron chi connectivity index (χ3n) is 3.84. The number of hydrogen-bond acceptors (Lipinski definition) is 2. The molecular formula is C21H20FN3O. The van der Waals surface area contributed by atoms with E-state index in [1.165, 1.54) is 12.1 Å². The van der Waals surface area contributed by atoms with Crippen molar-refractivity contribution >= 4 is 5.91 Å². The fourth-order valence-corrected chi connectivity index (χ4v) is 2.53. The predicted octanol–water partition coefficient (Wildman–Crippen LogP) is 4.47.